The van der Waals surface area contributed by atoms with Crippen LogP contribution in [0.25, 0.3) is 0 Å². The summed E-state index contributed by atoms with van der Waals surface area (Å²) in [6.45, 7) is 2.62. The highest BCUT2D eigenvalue weighted by atomic mass is 79.9. The van der Waals surface area contributed by atoms with Crippen molar-refractivity contribution >= 4 is 27.3 Å². The van der Waals surface area contributed by atoms with Crippen LogP contribution in [0.4, 0.5) is 0 Å². The second kappa shape index (κ2) is 6.33. The maximum absolute atomic E-state index is 5.70. The largest absolute Gasteiger partial charge is 0.494 e. The number of benzene rings is 1. The summed E-state index contributed by atoms with van der Waals surface area (Å²) in [6.07, 6.45) is 0. The maximum atomic E-state index is 5.70. The third kappa shape index (κ3) is 2.92. The molecule has 0 fully saturated rings. The minimum atomic E-state index is -0.0518. The van der Waals surface area contributed by atoms with E-state index in [1.54, 1.807) is 11.3 Å². The van der Waals surface area contributed by atoms with Gasteiger partial charge in [0.15, 0.2) is 0 Å². The van der Waals surface area contributed by atoms with Crippen molar-refractivity contribution in [1.29, 1.82) is 0 Å². The number of halogens is 1. The van der Waals surface area contributed by atoms with E-state index in [1.165, 1.54) is 0 Å². The Bertz CT molecular complexity index is 515. The van der Waals surface area contributed by atoms with Crippen LogP contribution in [-0.4, -0.2) is 6.61 Å². The molecule has 18 heavy (non-hydrogen) atoms. The Morgan fingerprint density at radius 2 is 2.11 bits per heavy atom. The average molecular weight is 327 g/mol. The van der Waals surface area contributed by atoms with Gasteiger partial charge < -0.3 is 4.74 Å². The molecule has 2 rings (SSSR count). The van der Waals surface area contributed by atoms with Gasteiger partial charge in [-0.25, -0.2) is 5.43 Å². The first-order valence-electron chi connectivity index (χ1n) is 5.69. The lowest BCUT2D eigenvalue weighted by molar-refractivity contribution is 0.334. The molecule has 3 nitrogen and oxygen atoms in total. The molecule has 5 heteroatoms. The molecular weight excluding hydrogens is 312 g/mol. The number of hydrogen-bond donors (Lipinski definition) is 2. The van der Waals surface area contributed by atoms with Crippen molar-refractivity contribution in [3.8, 4) is 5.75 Å². The van der Waals surface area contributed by atoms with Crippen LogP contribution in [0.1, 0.15) is 23.4 Å². The molecule has 0 radical (unpaired) electrons. The fourth-order valence-electron chi connectivity index (χ4n) is 1.81. The molecule has 0 aliphatic heterocycles. The summed E-state index contributed by atoms with van der Waals surface area (Å²) in [5.41, 5.74) is 3.91. The minimum Gasteiger partial charge on any atom is -0.494 e. The number of nitrogens with two attached hydrogens (primary N) is 1. The highest BCUT2D eigenvalue weighted by Gasteiger charge is 2.18. The van der Waals surface area contributed by atoms with Gasteiger partial charge in [0.25, 0.3) is 0 Å². The Morgan fingerprint density at radius 1 is 1.33 bits per heavy atom. The Morgan fingerprint density at radius 3 is 2.72 bits per heavy atom. The Hall–Kier alpha value is -0.880. The van der Waals surface area contributed by atoms with Gasteiger partial charge in [-0.3, -0.25) is 5.84 Å². The number of ether oxygens (including phenoxy) is 1. The summed E-state index contributed by atoms with van der Waals surface area (Å²) in [6, 6.07) is 12.0. The third-order valence-electron chi connectivity index (χ3n) is 2.58. The Balaban J connectivity index is 2.38. The number of hydrogen-bond acceptors (Lipinski definition) is 4. The zero-order valence-electron chi connectivity index (χ0n) is 10.0. The average Bonchev–Trinajstić information content (AvgIpc) is 2.79. The molecule has 0 saturated carbocycles. The van der Waals surface area contributed by atoms with Gasteiger partial charge in [-0.05, 0) is 41.1 Å². The molecule has 3 N–H and O–H groups in total. The standard InChI is InChI=1S/C13H15BrN2OS/c1-2-17-10-6-4-3-5-9(10)13(16-15)11-7-8-12(14)18-11/h3-8,13,16H,2,15H2,1H3. The number of rotatable bonds is 5. The van der Waals surface area contributed by atoms with Gasteiger partial charge in [-0.15, -0.1) is 11.3 Å². The molecule has 1 atom stereocenters. The van der Waals surface area contributed by atoms with E-state index in [9.17, 15) is 0 Å². The SMILES string of the molecule is CCOc1ccccc1C(NN)c1ccc(Br)s1. The Labute approximate surface area is 119 Å². The van der Waals surface area contributed by atoms with Crippen LogP contribution < -0.4 is 16.0 Å². The summed E-state index contributed by atoms with van der Waals surface area (Å²) in [5, 5.41) is 0. The van der Waals surface area contributed by atoms with Crippen LogP contribution in [0, 0.1) is 0 Å². The first-order valence-corrected chi connectivity index (χ1v) is 7.30. The molecule has 2 aromatic rings. The van der Waals surface area contributed by atoms with Crippen molar-refractivity contribution in [2.24, 2.45) is 5.84 Å². The maximum Gasteiger partial charge on any atom is 0.124 e. The van der Waals surface area contributed by atoms with Crippen LogP contribution >= 0.6 is 27.3 Å². The van der Waals surface area contributed by atoms with Crippen LogP contribution in [0.2, 0.25) is 0 Å². The van der Waals surface area contributed by atoms with E-state index in [4.69, 9.17) is 10.6 Å². The topological polar surface area (TPSA) is 47.3 Å². The molecule has 0 aliphatic rings. The second-order valence-electron chi connectivity index (χ2n) is 3.71. The quantitative estimate of drug-likeness (QED) is 0.653. The number of hydrazine groups is 1. The van der Waals surface area contributed by atoms with Gasteiger partial charge in [0.05, 0.1) is 16.4 Å². The minimum absolute atomic E-state index is 0.0518. The first-order chi connectivity index (χ1) is 8.76. The molecule has 1 unspecified atom stereocenters. The van der Waals surface area contributed by atoms with Gasteiger partial charge in [0, 0.05) is 10.4 Å². The van der Waals surface area contributed by atoms with Gasteiger partial charge in [0.1, 0.15) is 5.75 Å². The zero-order chi connectivity index (χ0) is 13.0. The number of nitrogens with one attached hydrogen (secondary N) is 1. The van der Waals surface area contributed by atoms with E-state index in [-0.39, 0.29) is 6.04 Å². The van der Waals surface area contributed by atoms with Crippen LogP contribution in [0.15, 0.2) is 40.2 Å². The first kappa shape index (κ1) is 13.5. The normalized spacial score (nSPS) is 12.4. The van der Waals surface area contributed by atoms with E-state index in [0.717, 1.165) is 20.0 Å². The molecule has 0 aliphatic carbocycles. The van der Waals surface area contributed by atoms with Crippen LogP contribution in [0.3, 0.4) is 0 Å². The lowest BCUT2D eigenvalue weighted by Crippen LogP contribution is -2.28. The van der Waals surface area contributed by atoms with Crippen LogP contribution in [0.5, 0.6) is 5.75 Å². The van der Waals surface area contributed by atoms with E-state index in [0.29, 0.717) is 6.61 Å². The Kier molecular flexibility index (Phi) is 4.77. The molecule has 1 aromatic carbocycles. The molecule has 0 saturated heterocycles. The van der Waals surface area contributed by atoms with E-state index < -0.39 is 0 Å². The fourth-order valence-corrected chi connectivity index (χ4v) is 3.32. The van der Waals surface area contributed by atoms with Gasteiger partial charge in [-0.1, -0.05) is 18.2 Å². The van der Waals surface area contributed by atoms with E-state index >= 15 is 0 Å². The highest BCUT2D eigenvalue weighted by Crippen LogP contribution is 2.34. The van der Waals surface area contributed by atoms with Crippen molar-refractivity contribution in [3.05, 3.63) is 50.6 Å². The van der Waals surface area contributed by atoms with E-state index in [1.807, 2.05) is 37.3 Å². The lowest BCUT2D eigenvalue weighted by atomic mass is 10.0. The van der Waals surface area contributed by atoms with Gasteiger partial charge >= 0.3 is 0 Å². The predicted octanol–water partition coefficient (Wildman–Crippen LogP) is 3.46. The molecule has 0 bridgehead atoms. The van der Waals surface area contributed by atoms with Crippen LogP contribution in [-0.2, 0) is 0 Å². The number of para-hydroxylation sites is 1. The summed E-state index contributed by atoms with van der Waals surface area (Å²) in [5.74, 6) is 6.56. The number of thiophene rings is 1. The van der Waals surface area contributed by atoms with Gasteiger partial charge in [-0.2, -0.15) is 0 Å². The smallest absolute Gasteiger partial charge is 0.124 e. The van der Waals surface area contributed by atoms with Crippen molar-refractivity contribution < 1.29 is 4.74 Å². The molecule has 1 aromatic heterocycles. The highest BCUT2D eigenvalue weighted by molar-refractivity contribution is 9.11. The van der Waals surface area contributed by atoms with Crippen molar-refractivity contribution in [2.75, 3.05) is 6.61 Å². The third-order valence-corrected chi connectivity index (χ3v) is 4.26. The summed E-state index contributed by atoms with van der Waals surface area (Å²) in [7, 11) is 0. The fraction of sp³-hybridized carbons (Fsp3) is 0.231. The lowest BCUT2D eigenvalue weighted by Gasteiger charge is -2.18. The molecule has 1 heterocycles. The summed E-state index contributed by atoms with van der Waals surface area (Å²) < 4.78 is 6.73. The summed E-state index contributed by atoms with van der Waals surface area (Å²) in [4.78, 5) is 1.15. The summed E-state index contributed by atoms with van der Waals surface area (Å²) >= 11 is 5.13. The monoisotopic (exact) mass is 326 g/mol. The van der Waals surface area contributed by atoms with Crippen molar-refractivity contribution in [3.63, 3.8) is 0 Å². The molecular formula is C13H15BrN2OS. The zero-order valence-corrected chi connectivity index (χ0v) is 12.4. The van der Waals surface area contributed by atoms with Gasteiger partial charge in [0.2, 0.25) is 0 Å². The predicted molar refractivity (Wildman–Crippen MR) is 78.8 cm³/mol. The second-order valence-corrected chi connectivity index (χ2v) is 6.21. The molecule has 96 valence electrons. The van der Waals surface area contributed by atoms with Crippen molar-refractivity contribution in [1.82, 2.24) is 5.43 Å². The molecule has 0 amide bonds. The van der Waals surface area contributed by atoms with Crippen molar-refractivity contribution in [2.45, 2.75) is 13.0 Å². The van der Waals surface area contributed by atoms with E-state index in [2.05, 4.69) is 27.4 Å². The molecule has 0 spiro atoms.